The molecule has 0 aromatic carbocycles. The van der Waals surface area contributed by atoms with Crippen molar-refractivity contribution in [2.45, 2.75) is 30.1 Å². The Balaban J connectivity index is 1.57. The van der Waals surface area contributed by atoms with Crippen molar-refractivity contribution in [3.8, 4) is 11.4 Å². The molecule has 3 aromatic rings. The van der Waals surface area contributed by atoms with Crippen molar-refractivity contribution in [3.05, 3.63) is 42.1 Å². The number of nitrogens with zero attached hydrogens (tertiary/aromatic N) is 6. The Hall–Kier alpha value is -1.93. The van der Waals surface area contributed by atoms with Crippen LogP contribution in [-0.2, 0) is 0 Å². The van der Waals surface area contributed by atoms with Crippen LogP contribution in [0.25, 0.3) is 11.4 Å². The van der Waals surface area contributed by atoms with E-state index in [2.05, 4.69) is 29.7 Å². The van der Waals surface area contributed by atoms with Gasteiger partial charge in [-0.3, -0.25) is 9.55 Å². The first-order valence-electron chi connectivity index (χ1n) is 7.64. The third kappa shape index (κ3) is 3.03. The number of fused-ring (bicyclic) bond motifs is 1. The lowest BCUT2D eigenvalue weighted by molar-refractivity contribution is 0.596. The highest BCUT2D eigenvalue weighted by molar-refractivity contribution is 8.00. The third-order valence-electron chi connectivity index (χ3n) is 3.72. The molecule has 3 aromatic heterocycles. The molecule has 0 saturated heterocycles. The van der Waals surface area contributed by atoms with E-state index in [0.717, 1.165) is 44.6 Å². The first kappa shape index (κ1) is 15.6. The van der Waals surface area contributed by atoms with Gasteiger partial charge in [0.1, 0.15) is 10.9 Å². The minimum Gasteiger partial charge on any atom is -0.297 e. The maximum absolute atomic E-state index is 4.51. The second-order valence-corrected chi connectivity index (χ2v) is 7.62. The molecule has 0 aliphatic carbocycles. The third-order valence-corrected chi connectivity index (χ3v) is 5.86. The first-order valence-corrected chi connectivity index (χ1v) is 9.61. The van der Waals surface area contributed by atoms with Crippen LogP contribution in [0.15, 0.2) is 40.8 Å². The molecule has 6 nitrogen and oxygen atoms in total. The Morgan fingerprint density at radius 2 is 2.21 bits per heavy atom. The molecule has 1 atom stereocenters. The van der Waals surface area contributed by atoms with Gasteiger partial charge in [0.2, 0.25) is 0 Å². The minimum atomic E-state index is 0.343. The Morgan fingerprint density at radius 1 is 1.29 bits per heavy atom. The van der Waals surface area contributed by atoms with E-state index >= 15 is 0 Å². The van der Waals surface area contributed by atoms with Crippen molar-refractivity contribution in [1.29, 1.82) is 0 Å². The summed E-state index contributed by atoms with van der Waals surface area (Å²) in [5.41, 5.74) is 2.01. The van der Waals surface area contributed by atoms with E-state index in [-0.39, 0.29) is 0 Å². The van der Waals surface area contributed by atoms with Crippen LogP contribution in [0.1, 0.15) is 17.6 Å². The lowest BCUT2D eigenvalue weighted by Gasteiger charge is -2.14. The Kier molecular flexibility index (Phi) is 4.24. The molecule has 1 aliphatic rings. The molecule has 0 saturated carbocycles. The zero-order valence-corrected chi connectivity index (χ0v) is 15.0. The van der Waals surface area contributed by atoms with Gasteiger partial charge in [0.05, 0.1) is 6.04 Å². The second-order valence-electron chi connectivity index (χ2n) is 5.59. The van der Waals surface area contributed by atoms with Crippen LogP contribution in [0.4, 0.5) is 0 Å². The number of hydrogen-bond acceptors (Lipinski definition) is 7. The van der Waals surface area contributed by atoms with Crippen LogP contribution >= 0.6 is 23.5 Å². The van der Waals surface area contributed by atoms with Crippen molar-refractivity contribution >= 4 is 23.5 Å². The summed E-state index contributed by atoms with van der Waals surface area (Å²) in [5.74, 6) is 3.65. The molecule has 0 N–H and O–H groups in total. The first-order chi connectivity index (χ1) is 11.7. The smallest absolute Gasteiger partial charge is 0.191 e. The fraction of sp³-hybridized carbons (Fsp3) is 0.312. The largest absolute Gasteiger partial charge is 0.297 e. The van der Waals surface area contributed by atoms with Gasteiger partial charge in [0.25, 0.3) is 0 Å². The van der Waals surface area contributed by atoms with Gasteiger partial charge >= 0.3 is 0 Å². The molecule has 1 aliphatic heterocycles. The fourth-order valence-corrected chi connectivity index (χ4v) is 5.01. The van der Waals surface area contributed by atoms with Gasteiger partial charge in [0.15, 0.2) is 11.0 Å². The number of aryl methyl sites for hydroxylation is 2. The quantitative estimate of drug-likeness (QED) is 0.525. The molecule has 4 heterocycles. The highest BCUT2D eigenvalue weighted by Crippen LogP contribution is 2.38. The van der Waals surface area contributed by atoms with Crippen molar-refractivity contribution in [1.82, 2.24) is 29.7 Å². The van der Waals surface area contributed by atoms with Crippen LogP contribution in [-0.4, -0.2) is 41.2 Å². The summed E-state index contributed by atoms with van der Waals surface area (Å²) >= 11 is 3.52. The van der Waals surface area contributed by atoms with Gasteiger partial charge in [-0.1, -0.05) is 11.8 Å². The van der Waals surface area contributed by atoms with Gasteiger partial charge < -0.3 is 0 Å². The van der Waals surface area contributed by atoms with Crippen molar-refractivity contribution in [3.63, 3.8) is 0 Å². The maximum atomic E-state index is 4.51. The molecule has 24 heavy (non-hydrogen) atoms. The van der Waals surface area contributed by atoms with Crippen molar-refractivity contribution in [2.75, 3.05) is 11.5 Å². The molecule has 4 rings (SSSR count). The van der Waals surface area contributed by atoms with Crippen molar-refractivity contribution < 1.29 is 0 Å². The van der Waals surface area contributed by atoms with E-state index in [0.29, 0.717) is 6.04 Å². The average Bonchev–Trinajstić information content (AvgIpc) is 3.15. The highest BCUT2D eigenvalue weighted by Gasteiger charge is 2.28. The second kappa shape index (κ2) is 6.52. The van der Waals surface area contributed by atoms with Crippen LogP contribution in [0.3, 0.4) is 0 Å². The van der Waals surface area contributed by atoms with Gasteiger partial charge in [-0.2, -0.15) is 0 Å². The van der Waals surface area contributed by atoms with E-state index < -0.39 is 0 Å². The van der Waals surface area contributed by atoms with E-state index in [1.165, 1.54) is 0 Å². The van der Waals surface area contributed by atoms with Gasteiger partial charge in [-0.25, -0.2) is 9.97 Å². The summed E-state index contributed by atoms with van der Waals surface area (Å²) < 4.78 is 2.23. The molecule has 0 spiro atoms. The number of rotatable bonds is 4. The standard InChI is InChI=1S/C16H16N6S2/c1-10-6-14(19-11(2)18-10)23-8-13-9-24-16-21-20-15(22(13)16)12-4-3-5-17-7-12/h3-7,13H,8-9H2,1-2H3/t13-/m0/s1. The monoisotopic (exact) mass is 356 g/mol. The predicted octanol–water partition coefficient (Wildman–Crippen LogP) is 3.19. The van der Waals surface area contributed by atoms with Gasteiger partial charge in [-0.05, 0) is 32.0 Å². The van der Waals surface area contributed by atoms with Crippen LogP contribution in [0, 0.1) is 13.8 Å². The number of pyridine rings is 1. The van der Waals surface area contributed by atoms with Crippen LogP contribution in [0.2, 0.25) is 0 Å². The average molecular weight is 356 g/mol. The van der Waals surface area contributed by atoms with E-state index in [4.69, 9.17) is 0 Å². The zero-order valence-electron chi connectivity index (χ0n) is 13.4. The summed E-state index contributed by atoms with van der Waals surface area (Å²) in [6, 6.07) is 6.33. The minimum absolute atomic E-state index is 0.343. The molecule has 0 fully saturated rings. The maximum Gasteiger partial charge on any atom is 0.191 e. The summed E-state index contributed by atoms with van der Waals surface area (Å²) in [4.78, 5) is 13.0. The number of thioether (sulfide) groups is 2. The molecule has 8 heteroatoms. The van der Waals surface area contributed by atoms with Gasteiger partial charge in [0, 0.05) is 35.2 Å². The van der Waals surface area contributed by atoms with E-state index in [1.54, 1.807) is 29.7 Å². The topological polar surface area (TPSA) is 69.4 Å². The zero-order chi connectivity index (χ0) is 16.5. The molecule has 0 radical (unpaired) electrons. The highest BCUT2D eigenvalue weighted by atomic mass is 32.2. The van der Waals surface area contributed by atoms with Crippen molar-refractivity contribution in [2.24, 2.45) is 0 Å². The van der Waals surface area contributed by atoms with Gasteiger partial charge in [-0.15, -0.1) is 22.0 Å². The SMILES string of the molecule is Cc1cc(SC[C@H]2CSc3nnc(-c4cccnc4)n32)nc(C)n1. The lowest BCUT2D eigenvalue weighted by Crippen LogP contribution is -2.11. The summed E-state index contributed by atoms with van der Waals surface area (Å²) in [5, 5.41) is 10.7. The predicted molar refractivity (Wildman–Crippen MR) is 95.2 cm³/mol. The number of aromatic nitrogens is 6. The Labute approximate surface area is 148 Å². The number of hydrogen-bond donors (Lipinski definition) is 0. The van der Waals surface area contributed by atoms with E-state index in [1.807, 2.05) is 38.2 Å². The molecule has 0 bridgehead atoms. The summed E-state index contributed by atoms with van der Waals surface area (Å²) in [6.07, 6.45) is 3.61. The molecular weight excluding hydrogens is 340 g/mol. The molecule has 122 valence electrons. The molecule has 0 amide bonds. The normalized spacial score (nSPS) is 16.3. The fourth-order valence-electron chi connectivity index (χ4n) is 2.70. The lowest BCUT2D eigenvalue weighted by atomic mass is 10.2. The molecule has 0 unspecified atom stereocenters. The Morgan fingerprint density at radius 3 is 3.00 bits per heavy atom. The van der Waals surface area contributed by atoms with E-state index in [9.17, 15) is 0 Å². The molecular formula is C16H16N6S2. The summed E-state index contributed by atoms with van der Waals surface area (Å²) in [7, 11) is 0. The van der Waals surface area contributed by atoms with Crippen LogP contribution < -0.4 is 0 Å². The van der Waals surface area contributed by atoms with Crippen LogP contribution in [0.5, 0.6) is 0 Å². The summed E-state index contributed by atoms with van der Waals surface area (Å²) in [6.45, 7) is 3.93. The Bertz CT molecular complexity index is 844.